The topological polar surface area (TPSA) is 63.5 Å². The maximum Gasteiger partial charge on any atom is 0.214 e. The van der Waals surface area contributed by atoms with Crippen LogP contribution in [-0.4, -0.2) is 29.5 Å². The summed E-state index contributed by atoms with van der Waals surface area (Å²) in [4.78, 5) is 0. The molecule has 0 saturated heterocycles. The summed E-state index contributed by atoms with van der Waals surface area (Å²) in [5, 5.41) is 17.3. The first-order valence-electron chi connectivity index (χ1n) is 10.4. The van der Waals surface area contributed by atoms with Crippen LogP contribution >= 0.6 is 0 Å². The monoisotopic (exact) mass is 416 g/mol. The van der Waals surface area contributed by atoms with Crippen molar-refractivity contribution in [1.29, 1.82) is 0 Å². The molecule has 6 nitrogen and oxygen atoms in total. The quantitative estimate of drug-likeness (QED) is 0.631. The Morgan fingerprint density at radius 3 is 2.68 bits per heavy atom. The molecule has 0 radical (unpaired) electrons. The van der Waals surface area contributed by atoms with Gasteiger partial charge in [0, 0.05) is 23.1 Å². The molecule has 2 aliphatic rings. The third-order valence-electron chi connectivity index (χ3n) is 5.69. The second-order valence-electron chi connectivity index (χ2n) is 7.52. The van der Waals surface area contributed by atoms with Gasteiger partial charge in [0.15, 0.2) is 11.5 Å². The minimum atomic E-state index is -0.423. The number of phenolic OH excluding ortho intramolecular Hbond substituents is 1. The Bertz CT molecular complexity index is 1140. The Kier molecular flexibility index (Phi) is 4.90. The van der Waals surface area contributed by atoms with E-state index in [9.17, 15) is 5.11 Å². The molecule has 6 heteroatoms. The average Bonchev–Trinajstić information content (AvgIpc) is 3.25. The van der Waals surface area contributed by atoms with Gasteiger partial charge in [0.2, 0.25) is 6.23 Å². The molecular weight excluding hydrogens is 392 g/mol. The first-order valence-corrected chi connectivity index (χ1v) is 10.4. The number of phenols is 1. The molecule has 5 rings (SSSR count). The minimum Gasteiger partial charge on any atom is -0.507 e. The Hall–Kier alpha value is -3.67. The van der Waals surface area contributed by atoms with Crippen LogP contribution in [0.4, 0.5) is 0 Å². The van der Waals surface area contributed by atoms with Gasteiger partial charge in [-0.3, -0.25) is 0 Å². The fraction of sp³-hybridized carbons (Fsp3) is 0.240. The van der Waals surface area contributed by atoms with Crippen LogP contribution in [0.3, 0.4) is 0 Å². The van der Waals surface area contributed by atoms with Crippen molar-refractivity contribution in [1.82, 2.24) is 5.01 Å². The van der Waals surface area contributed by atoms with E-state index in [1.54, 1.807) is 13.2 Å². The van der Waals surface area contributed by atoms with Gasteiger partial charge in [-0.25, -0.2) is 5.01 Å². The van der Waals surface area contributed by atoms with Crippen molar-refractivity contribution in [2.75, 3.05) is 13.7 Å². The van der Waals surface area contributed by atoms with Crippen molar-refractivity contribution in [3.05, 3.63) is 83.4 Å². The van der Waals surface area contributed by atoms with Crippen molar-refractivity contribution in [2.45, 2.75) is 25.6 Å². The number of methoxy groups -OCH3 is 1. The zero-order valence-corrected chi connectivity index (χ0v) is 17.5. The normalized spacial score (nSPS) is 19.2. The number of ether oxygens (including phenoxy) is 3. The molecule has 0 amide bonds. The van der Waals surface area contributed by atoms with E-state index >= 15 is 0 Å². The number of hydrazone groups is 1. The average molecular weight is 416 g/mol. The summed E-state index contributed by atoms with van der Waals surface area (Å²) in [5.41, 5.74) is 3.59. The second kappa shape index (κ2) is 7.87. The Morgan fingerprint density at radius 2 is 1.87 bits per heavy atom. The molecule has 158 valence electrons. The summed E-state index contributed by atoms with van der Waals surface area (Å²) in [6.45, 7) is 2.50. The molecule has 31 heavy (non-hydrogen) atoms. The molecule has 3 aromatic carbocycles. The lowest BCUT2D eigenvalue weighted by Crippen LogP contribution is -2.33. The molecular formula is C25H24N2O4. The molecule has 2 heterocycles. The van der Waals surface area contributed by atoms with E-state index in [0.717, 1.165) is 28.2 Å². The van der Waals surface area contributed by atoms with Gasteiger partial charge in [0.1, 0.15) is 11.5 Å². The van der Waals surface area contributed by atoms with E-state index < -0.39 is 6.23 Å². The summed E-state index contributed by atoms with van der Waals surface area (Å²) < 4.78 is 17.6. The van der Waals surface area contributed by atoms with Gasteiger partial charge in [0.05, 0.1) is 25.5 Å². The molecule has 3 aromatic rings. The highest BCUT2D eigenvalue weighted by molar-refractivity contribution is 6.04. The molecule has 0 saturated carbocycles. The highest BCUT2D eigenvalue weighted by atomic mass is 16.5. The predicted molar refractivity (Wildman–Crippen MR) is 118 cm³/mol. The molecule has 0 aromatic heterocycles. The zero-order chi connectivity index (χ0) is 21.4. The van der Waals surface area contributed by atoms with Crippen molar-refractivity contribution in [3.8, 4) is 23.0 Å². The number of benzene rings is 3. The van der Waals surface area contributed by atoms with Gasteiger partial charge in [0.25, 0.3) is 0 Å². The maximum atomic E-state index is 10.4. The predicted octanol–water partition coefficient (Wildman–Crippen LogP) is 5.04. The molecule has 0 fully saturated rings. The Balaban J connectivity index is 1.58. The maximum absolute atomic E-state index is 10.4. The zero-order valence-electron chi connectivity index (χ0n) is 17.5. The second-order valence-corrected chi connectivity index (χ2v) is 7.52. The number of fused-ring (bicyclic) bond motifs is 3. The first kappa shape index (κ1) is 19.3. The van der Waals surface area contributed by atoms with Gasteiger partial charge in [-0.1, -0.05) is 30.3 Å². The Morgan fingerprint density at radius 1 is 1.06 bits per heavy atom. The van der Waals surface area contributed by atoms with Crippen LogP contribution in [0.5, 0.6) is 23.0 Å². The number of aromatic hydroxyl groups is 1. The summed E-state index contributed by atoms with van der Waals surface area (Å²) in [6.07, 6.45) is 0.260. The van der Waals surface area contributed by atoms with E-state index in [0.29, 0.717) is 24.5 Å². The fourth-order valence-corrected chi connectivity index (χ4v) is 4.25. The smallest absolute Gasteiger partial charge is 0.214 e. The van der Waals surface area contributed by atoms with Gasteiger partial charge >= 0.3 is 0 Å². The van der Waals surface area contributed by atoms with Gasteiger partial charge in [-0.15, -0.1) is 0 Å². The van der Waals surface area contributed by atoms with Crippen LogP contribution in [0.25, 0.3) is 0 Å². The summed E-state index contributed by atoms with van der Waals surface area (Å²) >= 11 is 0. The van der Waals surface area contributed by atoms with Crippen LogP contribution in [-0.2, 0) is 0 Å². The van der Waals surface area contributed by atoms with Gasteiger partial charge in [-0.05, 0) is 43.3 Å². The van der Waals surface area contributed by atoms with Crippen LogP contribution in [0, 0.1) is 0 Å². The largest absolute Gasteiger partial charge is 0.507 e. The third kappa shape index (κ3) is 3.34. The lowest BCUT2D eigenvalue weighted by atomic mass is 9.95. The lowest BCUT2D eigenvalue weighted by molar-refractivity contribution is -0.0191. The van der Waals surface area contributed by atoms with Crippen LogP contribution in [0.15, 0.2) is 71.8 Å². The molecule has 1 N–H and O–H groups in total. The third-order valence-corrected chi connectivity index (χ3v) is 5.69. The number of rotatable bonds is 5. The number of nitrogens with zero attached hydrogens (tertiary/aromatic N) is 2. The van der Waals surface area contributed by atoms with Crippen LogP contribution in [0.2, 0.25) is 0 Å². The van der Waals surface area contributed by atoms with Crippen LogP contribution in [0.1, 0.15) is 42.3 Å². The summed E-state index contributed by atoms with van der Waals surface area (Å²) in [6, 6.07) is 21.2. The fourth-order valence-electron chi connectivity index (χ4n) is 4.25. The molecule has 2 unspecified atom stereocenters. The molecule has 0 aliphatic carbocycles. The SMILES string of the molecule is CCOc1ccc(C2Oc3ccccc3C3CC(c4ccccc4O)=NN32)cc1OC. The molecule has 2 atom stereocenters. The highest BCUT2D eigenvalue weighted by Crippen LogP contribution is 2.48. The van der Waals surface area contributed by atoms with E-state index in [2.05, 4.69) is 6.07 Å². The van der Waals surface area contributed by atoms with E-state index in [1.807, 2.05) is 66.5 Å². The summed E-state index contributed by atoms with van der Waals surface area (Å²) in [7, 11) is 1.63. The minimum absolute atomic E-state index is 0.0159. The van der Waals surface area contributed by atoms with E-state index in [1.165, 1.54) is 0 Å². The van der Waals surface area contributed by atoms with Gasteiger partial charge < -0.3 is 19.3 Å². The number of hydrogen-bond acceptors (Lipinski definition) is 6. The molecule has 0 spiro atoms. The first-order chi connectivity index (χ1) is 15.2. The standard InChI is InChI=1S/C25H24N2O4/c1-3-30-23-13-12-16(14-24(23)29-2)25-27-20(18-9-5-7-11-22(18)31-25)15-19(26-27)17-8-4-6-10-21(17)28/h4-14,20,25,28H,3,15H2,1-2H3. The molecule has 0 bridgehead atoms. The number of para-hydroxylation sites is 2. The Labute approximate surface area is 181 Å². The van der Waals surface area contributed by atoms with Gasteiger partial charge in [-0.2, -0.15) is 5.10 Å². The van der Waals surface area contributed by atoms with Crippen molar-refractivity contribution < 1.29 is 19.3 Å². The van der Waals surface area contributed by atoms with Crippen molar-refractivity contribution in [2.24, 2.45) is 5.10 Å². The van der Waals surface area contributed by atoms with E-state index in [-0.39, 0.29) is 11.8 Å². The highest BCUT2D eigenvalue weighted by Gasteiger charge is 2.41. The van der Waals surface area contributed by atoms with Crippen molar-refractivity contribution >= 4 is 5.71 Å². The molecule has 2 aliphatic heterocycles. The van der Waals surface area contributed by atoms with E-state index in [4.69, 9.17) is 19.3 Å². The number of hydrogen-bond donors (Lipinski definition) is 1. The summed E-state index contributed by atoms with van der Waals surface area (Å²) in [5.74, 6) is 2.42. The lowest BCUT2D eigenvalue weighted by Gasteiger charge is -2.38. The van der Waals surface area contributed by atoms with Crippen LogP contribution < -0.4 is 14.2 Å². The van der Waals surface area contributed by atoms with Crippen molar-refractivity contribution in [3.63, 3.8) is 0 Å².